The Bertz CT molecular complexity index is 1210. The molecule has 9 heteroatoms. The second-order valence-corrected chi connectivity index (χ2v) is 8.07. The lowest BCUT2D eigenvalue weighted by Gasteiger charge is -2.10. The van der Waals surface area contributed by atoms with Crippen LogP contribution in [0.4, 0.5) is 11.5 Å². The number of aromatic nitrogens is 2. The number of hydrogen-bond acceptors (Lipinski definition) is 8. The van der Waals surface area contributed by atoms with Crippen LogP contribution in [-0.4, -0.2) is 16.0 Å². The van der Waals surface area contributed by atoms with Crippen LogP contribution in [0.5, 0.6) is 0 Å². The molecular weight excluding hydrogens is 418 g/mol. The third-order valence-electron chi connectivity index (χ3n) is 4.09. The lowest BCUT2D eigenvalue weighted by Crippen LogP contribution is -2.15. The van der Waals surface area contributed by atoms with E-state index in [1.807, 2.05) is 41.8 Å². The first kappa shape index (κ1) is 19.7. The van der Waals surface area contributed by atoms with Gasteiger partial charge in [-0.05, 0) is 29.6 Å². The quantitative estimate of drug-likeness (QED) is 0.419. The normalized spacial score (nSPS) is 10.5. The maximum Gasteiger partial charge on any atom is 0.259 e. The van der Waals surface area contributed by atoms with Gasteiger partial charge in [-0.25, -0.2) is 4.98 Å². The van der Waals surface area contributed by atoms with E-state index in [1.165, 1.54) is 17.8 Å². The summed E-state index contributed by atoms with van der Waals surface area (Å²) in [4.78, 5) is 17.8. The Balaban J connectivity index is 1.50. The summed E-state index contributed by atoms with van der Waals surface area (Å²) in [6.07, 6.45) is 0. The fourth-order valence-corrected chi connectivity index (χ4v) is 4.18. The highest BCUT2D eigenvalue weighted by molar-refractivity contribution is 7.98. The van der Waals surface area contributed by atoms with Crippen molar-refractivity contribution in [2.45, 2.75) is 10.8 Å². The van der Waals surface area contributed by atoms with E-state index in [2.05, 4.69) is 21.5 Å². The maximum atomic E-state index is 12.5. The van der Waals surface area contributed by atoms with Crippen molar-refractivity contribution in [1.82, 2.24) is 10.1 Å². The molecule has 0 aliphatic heterocycles. The Hall–Kier alpha value is -3.61. The Morgan fingerprint density at radius 2 is 2.07 bits per heavy atom. The Kier molecular flexibility index (Phi) is 5.79. The second kappa shape index (κ2) is 8.82. The third-order valence-corrected chi connectivity index (χ3v) is 6.00. The number of nitrogens with two attached hydrogens (primary N) is 1. The molecule has 0 saturated carbocycles. The van der Waals surface area contributed by atoms with Gasteiger partial charge in [-0.2, -0.15) is 5.26 Å². The van der Waals surface area contributed by atoms with Crippen molar-refractivity contribution >= 4 is 40.5 Å². The molecule has 4 rings (SSSR count). The largest absolute Gasteiger partial charge is 0.383 e. The lowest BCUT2D eigenvalue weighted by atomic mass is 10.2. The fraction of sp³-hybridized carbons (Fsp3) is 0.0476. The minimum Gasteiger partial charge on any atom is -0.383 e. The van der Waals surface area contributed by atoms with Gasteiger partial charge in [0.2, 0.25) is 0 Å². The first-order chi connectivity index (χ1) is 14.6. The molecule has 4 aromatic rings. The molecule has 3 aromatic heterocycles. The highest BCUT2D eigenvalue weighted by Gasteiger charge is 2.17. The van der Waals surface area contributed by atoms with E-state index in [9.17, 15) is 10.1 Å². The summed E-state index contributed by atoms with van der Waals surface area (Å²) in [6, 6.07) is 18.3. The van der Waals surface area contributed by atoms with Crippen LogP contribution in [-0.2, 0) is 5.75 Å². The van der Waals surface area contributed by atoms with Crippen molar-refractivity contribution in [2.24, 2.45) is 0 Å². The van der Waals surface area contributed by atoms with Crippen molar-refractivity contribution in [3.05, 3.63) is 76.8 Å². The number of nitrogens with one attached hydrogen (secondary N) is 1. The predicted octanol–water partition coefficient (Wildman–Crippen LogP) is 4.80. The molecule has 7 nitrogen and oxygen atoms in total. The van der Waals surface area contributed by atoms with E-state index >= 15 is 0 Å². The number of amides is 1. The molecule has 0 aliphatic rings. The third kappa shape index (κ3) is 4.35. The van der Waals surface area contributed by atoms with E-state index in [0.717, 1.165) is 10.6 Å². The molecule has 0 spiro atoms. The van der Waals surface area contributed by atoms with Gasteiger partial charge in [0, 0.05) is 17.5 Å². The number of rotatable bonds is 6. The minimum absolute atomic E-state index is 0.0596. The predicted molar refractivity (Wildman–Crippen MR) is 117 cm³/mol. The van der Waals surface area contributed by atoms with Crippen LogP contribution in [0.3, 0.4) is 0 Å². The summed E-state index contributed by atoms with van der Waals surface area (Å²) in [5.41, 5.74) is 7.79. The number of nitrogen functional groups attached to an aromatic ring is 1. The van der Waals surface area contributed by atoms with Gasteiger partial charge >= 0.3 is 0 Å². The molecule has 3 heterocycles. The molecule has 0 unspecified atom stereocenters. The average molecular weight is 434 g/mol. The molecule has 1 amide bonds. The number of nitriles is 1. The molecule has 0 radical (unpaired) electrons. The number of para-hydroxylation sites is 1. The van der Waals surface area contributed by atoms with E-state index in [0.29, 0.717) is 22.2 Å². The van der Waals surface area contributed by atoms with Gasteiger partial charge in [-0.15, -0.1) is 11.3 Å². The monoisotopic (exact) mass is 433 g/mol. The zero-order valence-corrected chi connectivity index (χ0v) is 17.2. The van der Waals surface area contributed by atoms with Crippen molar-refractivity contribution in [1.29, 1.82) is 5.26 Å². The van der Waals surface area contributed by atoms with Crippen LogP contribution < -0.4 is 11.1 Å². The number of hydrogen-bond donors (Lipinski definition) is 2. The molecule has 30 heavy (non-hydrogen) atoms. The molecule has 148 valence electrons. The van der Waals surface area contributed by atoms with Gasteiger partial charge in [0.25, 0.3) is 5.91 Å². The van der Waals surface area contributed by atoms with Gasteiger partial charge < -0.3 is 15.6 Å². The molecule has 3 N–H and O–H groups in total. The fourth-order valence-electron chi connectivity index (χ4n) is 2.66. The highest BCUT2D eigenvalue weighted by atomic mass is 32.2. The number of carbonyl (C=O) groups is 1. The van der Waals surface area contributed by atoms with Crippen molar-refractivity contribution in [3.63, 3.8) is 0 Å². The van der Waals surface area contributed by atoms with Crippen LogP contribution in [0.1, 0.15) is 21.6 Å². The number of anilines is 2. The maximum absolute atomic E-state index is 12.5. The van der Waals surface area contributed by atoms with Gasteiger partial charge in [0.05, 0.1) is 21.7 Å². The molecular formula is C21H15N5O2S2. The van der Waals surface area contributed by atoms with Gasteiger partial charge in [0.15, 0.2) is 5.76 Å². The summed E-state index contributed by atoms with van der Waals surface area (Å²) < 4.78 is 5.37. The number of thioether (sulfide) groups is 1. The lowest BCUT2D eigenvalue weighted by molar-refractivity contribution is 0.102. The van der Waals surface area contributed by atoms with E-state index in [4.69, 9.17) is 10.3 Å². The van der Waals surface area contributed by atoms with E-state index < -0.39 is 5.91 Å². The van der Waals surface area contributed by atoms with Crippen LogP contribution in [0.15, 0.2) is 69.5 Å². The topological polar surface area (TPSA) is 118 Å². The van der Waals surface area contributed by atoms with Gasteiger partial charge in [-0.1, -0.05) is 41.2 Å². The Labute approximate surface area is 180 Å². The molecule has 0 saturated heterocycles. The van der Waals surface area contributed by atoms with Crippen molar-refractivity contribution in [2.75, 3.05) is 11.1 Å². The summed E-state index contributed by atoms with van der Waals surface area (Å²) in [5.74, 6) is 0.785. The van der Waals surface area contributed by atoms with Crippen molar-refractivity contribution in [3.8, 4) is 16.7 Å². The van der Waals surface area contributed by atoms with Gasteiger partial charge in [-0.3, -0.25) is 4.79 Å². The number of thiophene rings is 1. The summed E-state index contributed by atoms with van der Waals surface area (Å²) >= 11 is 2.88. The Morgan fingerprint density at radius 3 is 2.80 bits per heavy atom. The van der Waals surface area contributed by atoms with Crippen LogP contribution in [0, 0.1) is 11.3 Å². The standard InChI is InChI=1S/C21H15N5O2S2/c22-11-13-9-16(20(27)24-14-5-2-1-3-6-14)19(23)25-21(13)30-12-15-10-17(28-26-15)18-7-4-8-29-18/h1-10H,12H2,(H2,23,25)(H,24,27). The zero-order chi connectivity index (χ0) is 20.9. The average Bonchev–Trinajstić information content (AvgIpc) is 3.45. The SMILES string of the molecule is N#Cc1cc(C(=O)Nc2ccccc2)c(N)nc1SCc1cc(-c2cccs2)on1. The number of pyridine rings is 1. The second-order valence-electron chi connectivity index (χ2n) is 6.15. The molecule has 0 fully saturated rings. The summed E-state index contributed by atoms with van der Waals surface area (Å²) in [5, 5.41) is 18.7. The minimum atomic E-state index is -0.420. The van der Waals surface area contributed by atoms with Crippen LogP contribution in [0.2, 0.25) is 0 Å². The first-order valence-corrected chi connectivity index (χ1v) is 10.7. The Morgan fingerprint density at radius 1 is 1.23 bits per heavy atom. The molecule has 0 aliphatic carbocycles. The van der Waals surface area contributed by atoms with Gasteiger partial charge in [0.1, 0.15) is 16.9 Å². The number of nitrogens with zero attached hydrogens (tertiary/aromatic N) is 3. The summed E-state index contributed by atoms with van der Waals surface area (Å²) in [6.45, 7) is 0. The molecule has 0 atom stereocenters. The molecule has 0 bridgehead atoms. The summed E-state index contributed by atoms with van der Waals surface area (Å²) in [7, 11) is 0. The van der Waals surface area contributed by atoms with E-state index in [1.54, 1.807) is 23.5 Å². The zero-order valence-electron chi connectivity index (χ0n) is 15.5. The van der Waals surface area contributed by atoms with Crippen LogP contribution >= 0.6 is 23.1 Å². The number of carbonyl (C=O) groups excluding carboxylic acids is 1. The highest BCUT2D eigenvalue weighted by Crippen LogP contribution is 2.30. The number of benzene rings is 1. The van der Waals surface area contributed by atoms with Crippen molar-refractivity contribution < 1.29 is 9.32 Å². The van der Waals surface area contributed by atoms with Crippen LogP contribution in [0.25, 0.3) is 10.6 Å². The molecule has 1 aromatic carbocycles. The first-order valence-electron chi connectivity index (χ1n) is 8.83. The van der Waals surface area contributed by atoms with E-state index in [-0.39, 0.29) is 16.9 Å². The smallest absolute Gasteiger partial charge is 0.259 e.